The third-order valence-electron chi connectivity index (χ3n) is 5.55. The van der Waals surface area contributed by atoms with E-state index in [0.717, 1.165) is 28.9 Å². The summed E-state index contributed by atoms with van der Waals surface area (Å²) in [6.07, 6.45) is 18.9. The first kappa shape index (κ1) is 24.0. The molecule has 0 aliphatic rings. The summed E-state index contributed by atoms with van der Waals surface area (Å²) in [4.78, 5) is 18.4. The van der Waals surface area contributed by atoms with Crippen molar-refractivity contribution < 1.29 is 4.79 Å². The van der Waals surface area contributed by atoms with Gasteiger partial charge in [0.2, 0.25) is 0 Å². The van der Waals surface area contributed by atoms with Gasteiger partial charge in [0.25, 0.3) is 0 Å². The number of hydrogen-bond acceptors (Lipinski definition) is 4. The van der Waals surface area contributed by atoms with Crippen LogP contribution in [0.2, 0.25) is 0 Å². The van der Waals surface area contributed by atoms with E-state index in [9.17, 15) is 4.79 Å². The van der Waals surface area contributed by atoms with Crippen molar-refractivity contribution in [2.45, 2.75) is 78.1 Å². The van der Waals surface area contributed by atoms with Crippen molar-refractivity contribution in [2.24, 2.45) is 0 Å². The number of rotatable bonds is 13. The zero-order chi connectivity index (χ0) is 22.1. The SMILES string of the molecule is C#Cc1cc(CCCCCC)c(-c2ccc(-c3sc(C=O)cc3CCCCCC)s2)s1. The maximum absolute atomic E-state index is 11.4. The van der Waals surface area contributed by atoms with Crippen LogP contribution in [-0.4, -0.2) is 6.29 Å². The van der Waals surface area contributed by atoms with E-state index in [4.69, 9.17) is 6.42 Å². The molecule has 0 spiro atoms. The van der Waals surface area contributed by atoms with Crippen molar-refractivity contribution in [3.63, 3.8) is 0 Å². The molecule has 0 N–H and O–H groups in total. The molecule has 0 amide bonds. The van der Waals surface area contributed by atoms with Gasteiger partial charge in [0.1, 0.15) is 0 Å². The molecule has 3 rings (SSSR count). The molecule has 31 heavy (non-hydrogen) atoms. The Labute approximate surface area is 199 Å². The highest BCUT2D eigenvalue weighted by Crippen LogP contribution is 2.43. The summed E-state index contributed by atoms with van der Waals surface area (Å²) in [6, 6.07) is 8.77. The second-order valence-electron chi connectivity index (χ2n) is 8.02. The molecule has 164 valence electrons. The van der Waals surface area contributed by atoms with Gasteiger partial charge in [0, 0.05) is 19.5 Å². The Kier molecular flexibility index (Phi) is 9.58. The minimum Gasteiger partial charge on any atom is -0.297 e. The number of unbranched alkanes of at least 4 members (excludes halogenated alkanes) is 6. The fourth-order valence-corrected chi connectivity index (χ4v) is 7.21. The molecule has 0 bridgehead atoms. The summed E-state index contributed by atoms with van der Waals surface area (Å²) in [5.41, 5.74) is 2.72. The van der Waals surface area contributed by atoms with Gasteiger partial charge in [0.05, 0.1) is 9.75 Å². The summed E-state index contributed by atoms with van der Waals surface area (Å²) < 4.78 is 0. The average molecular weight is 469 g/mol. The maximum atomic E-state index is 11.4. The number of aryl methyl sites for hydroxylation is 2. The van der Waals surface area contributed by atoms with Crippen LogP contribution >= 0.6 is 34.0 Å². The van der Waals surface area contributed by atoms with E-state index in [1.54, 1.807) is 22.7 Å². The second-order valence-corrected chi connectivity index (χ2v) is 11.2. The highest BCUT2D eigenvalue weighted by atomic mass is 32.1. The molecule has 3 aromatic rings. The van der Waals surface area contributed by atoms with Crippen LogP contribution in [0.4, 0.5) is 0 Å². The van der Waals surface area contributed by atoms with Crippen LogP contribution in [0.25, 0.3) is 19.5 Å². The number of thiophene rings is 3. The fourth-order valence-electron chi connectivity index (χ4n) is 3.86. The van der Waals surface area contributed by atoms with Gasteiger partial charge < -0.3 is 0 Å². The van der Waals surface area contributed by atoms with Crippen molar-refractivity contribution >= 4 is 40.3 Å². The van der Waals surface area contributed by atoms with E-state index in [-0.39, 0.29) is 0 Å². The van der Waals surface area contributed by atoms with E-state index < -0.39 is 0 Å². The van der Waals surface area contributed by atoms with Crippen molar-refractivity contribution in [1.29, 1.82) is 0 Å². The molecule has 0 radical (unpaired) electrons. The summed E-state index contributed by atoms with van der Waals surface area (Å²) >= 11 is 5.21. The highest BCUT2D eigenvalue weighted by Gasteiger charge is 2.16. The summed E-state index contributed by atoms with van der Waals surface area (Å²) in [5, 5.41) is 0. The summed E-state index contributed by atoms with van der Waals surface area (Å²) in [5.74, 6) is 2.84. The number of aldehydes is 1. The monoisotopic (exact) mass is 468 g/mol. The quantitative estimate of drug-likeness (QED) is 0.139. The first-order chi connectivity index (χ1) is 15.2. The van der Waals surface area contributed by atoms with Crippen LogP contribution in [-0.2, 0) is 12.8 Å². The number of terminal acetylenes is 1. The largest absolute Gasteiger partial charge is 0.297 e. The van der Waals surface area contributed by atoms with E-state index in [0.29, 0.717) is 0 Å². The molecule has 0 atom stereocenters. The Balaban J connectivity index is 1.83. The Morgan fingerprint density at radius 3 is 1.94 bits per heavy atom. The van der Waals surface area contributed by atoms with Gasteiger partial charge >= 0.3 is 0 Å². The summed E-state index contributed by atoms with van der Waals surface area (Å²) in [6.45, 7) is 4.49. The standard InChI is InChI=1S/C27H32OS3/c1-4-7-9-11-13-20-17-22(6-3)29-26(20)24-15-16-25(31-24)27-21(14-12-10-8-5-2)18-23(19-28)30-27/h3,15-19H,4-5,7-14H2,1-2H3. The van der Waals surface area contributed by atoms with Gasteiger partial charge in [-0.3, -0.25) is 4.79 Å². The van der Waals surface area contributed by atoms with Crippen LogP contribution in [0.5, 0.6) is 0 Å². The third-order valence-corrected chi connectivity index (χ3v) is 9.20. The molecular formula is C27H32OS3. The van der Waals surface area contributed by atoms with Crippen molar-refractivity contribution in [2.75, 3.05) is 0 Å². The minimum atomic E-state index is 0.831. The highest BCUT2D eigenvalue weighted by molar-refractivity contribution is 7.27. The lowest BCUT2D eigenvalue weighted by Crippen LogP contribution is -1.85. The molecule has 0 saturated heterocycles. The average Bonchev–Trinajstić information content (AvgIpc) is 3.51. The Morgan fingerprint density at radius 1 is 0.806 bits per heavy atom. The number of carbonyl (C=O) groups excluding carboxylic acids is 1. The predicted molar refractivity (Wildman–Crippen MR) is 140 cm³/mol. The number of hydrogen-bond donors (Lipinski definition) is 0. The van der Waals surface area contributed by atoms with Gasteiger partial charge in [-0.05, 0) is 61.1 Å². The molecular weight excluding hydrogens is 436 g/mol. The van der Waals surface area contributed by atoms with E-state index in [2.05, 4.69) is 44.0 Å². The molecule has 1 nitrogen and oxygen atoms in total. The van der Waals surface area contributed by atoms with Gasteiger partial charge in [0.15, 0.2) is 6.29 Å². The van der Waals surface area contributed by atoms with Gasteiger partial charge in [-0.2, -0.15) is 0 Å². The van der Waals surface area contributed by atoms with Crippen LogP contribution in [0.3, 0.4) is 0 Å². The summed E-state index contributed by atoms with van der Waals surface area (Å²) in [7, 11) is 0. The molecule has 0 aliphatic carbocycles. The molecule has 0 unspecified atom stereocenters. The van der Waals surface area contributed by atoms with E-state index in [1.165, 1.54) is 82.0 Å². The Bertz CT molecular complexity index is 1010. The van der Waals surface area contributed by atoms with Gasteiger partial charge in [-0.15, -0.1) is 40.4 Å². The molecule has 0 fully saturated rings. The predicted octanol–water partition coefficient (Wildman–Crippen LogP) is 9.24. The van der Waals surface area contributed by atoms with Crippen LogP contribution in [0, 0.1) is 12.3 Å². The Morgan fingerprint density at radius 2 is 1.39 bits per heavy atom. The van der Waals surface area contributed by atoms with Crippen molar-refractivity contribution in [1.82, 2.24) is 0 Å². The lowest BCUT2D eigenvalue weighted by Gasteiger charge is -2.03. The Hall–Kier alpha value is -1.67. The lowest BCUT2D eigenvalue weighted by atomic mass is 10.1. The second kappa shape index (κ2) is 12.4. The van der Waals surface area contributed by atoms with Crippen LogP contribution in [0.1, 0.15) is 90.9 Å². The van der Waals surface area contributed by atoms with Crippen molar-refractivity contribution in [3.8, 4) is 31.9 Å². The zero-order valence-electron chi connectivity index (χ0n) is 18.7. The van der Waals surface area contributed by atoms with E-state index in [1.807, 2.05) is 11.3 Å². The molecule has 0 aliphatic heterocycles. The first-order valence-corrected chi connectivity index (χ1v) is 13.9. The topological polar surface area (TPSA) is 17.1 Å². The van der Waals surface area contributed by atoms with Gasteiger partial charge in [-0.25, -0.2) is 0 Å². The van der Waals surface area contributed by atoms with E-state index >= 15 is 0 Å². The molecule has 3 aromatic heterocycles. The van der Waals surface area contributed by atoms with Crippen molar-refractivity contribution in [3.05, 3.63) is 45.1 Å². The minimum absolute atomic E-state index is 0.831. The third kappa shape index (κ3) is 6.42. The number of carbonyl (C=O) groups is 1. The molecule has 4 heteroatoms. The first-order valence-electron chi connectivity index (χ1n) is 11.5. The molecule has 0 aromatic carbocycles. The molecule has 0 saturated carbocycles. The van der Waals surface area contributed by atoms with Crippen LogP contribution < -0.4 is 0 Å². The lowest BCUT2D eigenvalue weighted by molar-refractivity contribution is 0.112. The fraction of sp³-hybridized carbons (Fsp3) is 0.444. The molecule has 3 heterocycles. The zero-order valence-corrected chi connectivity index (χ0v) is 21.1. The maximum Gasteiger partial charge on any atom is 0.160 e. The van der Waals surface area contributed by atoms with Crippen LogP contribution in [0.15, 0.2) is 24.3 Å². The van der Waals surface area contributed by atoms with Gasteiger partial charge in [-0.1, -0.05) is 58.3 Å². The normalized spacial score (nSPS) is 11.0. The smallest absolute Gasteiger partial charge is 0.160 e.